The summed E-state index contributed by atoms with van der Waals surface area (Å²) in [5.74, 6) is 0.457. The lowest BCUT2D eigenvalue weighted by atomic mass is 10.00. The Hall–Kier alpha value is -0.840. The molecule has 3 N–H and O–H groups in total. The van der Waals surface area contributed by atoms with Gasteiger partial charge in [-0.2, -0.15) is 0 Å². The fraction of sp³-hybridized carbons (Fsp3) is 0.571. The van der Waals surface area contributed by atoms with Crippen molar-refractivity contribution in [1.82, 2.24) is 10.3 Å². The normalized spacial score (nSPS) is 20.7. The molecule has 1 fully saturated rings. The largest absolute Gasteiger partial charge is 0.352 e. The van der Waals surface area contributed by atoms with E-state index in [9.17, 15) is 4.79 Å². The molecule has 0 radical (unpaired) electrons. The lowest BCUT2D eigenvalue weighted by Gasteiger charge is -2.14. The van der Waals surface area contributed by atoms with Crippen molar-refractivity contribution in [3.63, 3.8) is 0 Å². The number of nitrogens with one attached hydrogen (secondary N) is 1. The highest BCUT2D eigenvalue weighted by atomic mass is 35.5. The average molecular weight is 320 g/mol. The van der Waals surface area contributed by atoms with Gasteiger partial charge in [-0.3, -0.25) is 9.78 Å². The molecule has 1 aromatic rings. The van der Waals surface area contributed by atoms with E-state index in [1.807, 2.05) is 19.1 Å². The van der Waals surface area contributed by atoms with Gasteiger partial charge in [-0.15, -0.1) is 24.8 Å². The highest BCUT2D eigenvalue weighted by molar-refractivity contribution is 5.85. The molecule has 20 heavy (non-hydrogen) atoms. The Kier molecular flexibility index (Phi) is 8.78. The van der Waals surface area contributed by atoms with Crippen LogP contribution < -0.4 is 11.1 Å². The number of halogens is 2. The first-order valence-corrected chi connectivity index (χ1v) is 6.59. The minimum absolute atomic E-state index is 0. The first-order chi connectivity index (χ1) is 8.65. The number of carbonyl (C=O) groups is 1. The second-order valence-electron chi connectivity index (χ2n) is 5.14. The van der Waals surface area contributed by atoms with Crippen LogP contribution in [0.1, 0.15) is 36.9 Å². The maximum absolute atomic E-state index is 11.8. The van der Waals surface area contributed by atoms with Crippen molar-refractivity contribution in [2.45, 2.75) is 45.2 Å². The topological polar surface area (TPSA) is 68.0 Å². The third kappa shape index (κ3) is 5.65. The molecule has 0 saturated heterocycles. The predicted octanol–water partition coefficient (Wildman–Crippen LogP) is 2.37. The maximum Gasteiger partial charge on any atom is 0.220 e. The van der Waals surface area contributed by atoms with Crippen LogP contribution in [0.15, 0.2) is 18.3 Å². The van der Waals surface area contributed by atoms with E-state index in [4.69, 9.17) is 5.73 Å². The van der Waals surface area contributed by atoms with Gasteiger partial charge in [0.15, 0.2) is 0 Å². The smallest absolute Gasteiger partial charge is 0.220 e. The maximum atomic E-state index is 11.8. The Morgan fingerprint density at radius 3 is 2.70 bits per heavy atom. The molecule has 1 amide bonds. The number of rotatable bonds is 4. The van der Waals surface area contributed by atoms with Crippen LogP contribution in [-0.4, -0.2) is 16.9 Å². The molecule has 0 spiro atoms. The van der Waals surface area contributed by atoms with Gasteiger partial charge in [0.1, 0.15) is 0 Å². The minimum Gasteiger partial charge on any atom is -0.352 e. The predicted molar refractivity (Wildman–Crippen MR) is 85.3 cm³/mol. The van der Waals surface area contributed by atoms with Crippen LogP contribution >= 0.6 is 24.8 Å². The number of nitrogens with two attached hydrogens (primary N) is 1. The van der Waals surface area contributed by atoms with E-state index in [1.54, 1.807) is 6.20 Å². The summed E-state index contributed by atoms with van der Waals surface area (Å²) in [7, 11) is 0. The number of hydrogen-bond acceptors (Lipinski definition) is 3. The van der Waals surface area contributed by atoms with E-state index in [0.29, 0.717) is 18.9 Å². The van der Waals surface area contributed by atoms with Gasteiger partial charge in [0.2, 0.25) is 5.91 Å². The molecule has 0 unspecified atom stereocenters. The summed E-state index contributed by atoms with van der Waals surface area (Å²) < 4.78 is 0. The standard InChI is InChI=1S/C14H21N3O.2ClH/c1-10-5-6-11(8-16-10)9-17-14(18)7-12-3-2-4-13(12)15;;/h5-6,8,12-13H,2-4,7,9,15H2,1H3,(H,17,18);2*1H/t12-,13+;;/m0../s1. The first-order valence-electron chi connectivity index (χ1n) is 6.59. The fourth-order valence-electron chi connectivity index (χ4n) is 2.43. The van der Waals surface area contributed by atoms with Gasteiger partial charge in [0.05, 0.1) is 0 Å². The summed E-state index contributed by atoms with van der Waals surface area (Å²) in [5, 5.41) is 2.93. The van der Waals surface area contributed by atoms with Crippen LogP contribution in [0, 0.1) is 12.8 Å². The van der Waals surface area contributed by atoms with Crippen LogP contribution in [0.25, 0.3) is 0 Å². The molecule has 0 bridgehead atoms. The van der Waals surface area contributed by atoms with Crippen LogP contribution in [0.2, 0.25) is 0 Å². The number of hydrogen-bond donors (Lipinski definition) is 2. The SMILES string of the molecule is Cc1ccc(CNC(=O)C[C@@H]2CCC[C@H]2N)cn1.Cl.Cl. The van der Waals surface area contributed by atoms with Crippen LogP contribution in [-0.2, 0) is 11.3 Å². The molecule has 2 rings (SSSR count). The molecule has 1 aliphatic rings. The zero-order valence-corrected chi connectivity index (χ0v) is 13.3. The molecule has 1 aromatic heterocycles. The summed E-state index contributed by atoms with van der Waals surface area (Å²) in [6.45, 7) is 2.50. The van der Waals surface area contributed by atoms with Gasteiger partial charge >= 0.3 is 0 Å². The summed E-state index contributed by atoms with van der Waals surface area (Å²) in [4.78, 5) is 16.0. The molecule has 6 heteroatoms. The fourth-order valence-corrected chi connectivity index (χ4v) is 2.43. The third-order valence-electron chi connectivity index (χ3n) is 3.63. The minimum atomic E-state index is 0. The molecule has 1 aliphatic carbocycles. The Labute approximate surface area is 132 Å². The van der Waals surface area contributed by atoms with Crippen molar-refractivity contribution >= 4 is 30.7 Å². The summed E-state index contributed by atoms with van der Waals surface area (Å²) in [6.07, 6.45) is 5.65. The van der Waals surface area contributed by atoms with E-state index < -0.39 is 0 Å². The molecule has 0 aromatic carbocycles. The van der Waals surface area contributed by atoms with Crippen molar-refractivity contribution in [2.24, 2.45) is 11.7 Å². The highest BCUT2D eigenvalue weighted by Gasteiger charge is 2.25. The number of aromatic nitrogens is 1. The summed E-state index contributed by atoms with van der Waals surface area (Å²) in [5.41, 5.74) is 7.98. The highest BCUT2D eigenvalue weighted by Crippen LogP contribution is 2.26. The second-order valence-corrected chi connectivity index (χ2v) is 5.14. The molecule has 114 valence electrons. The number of carbonyl (C=O) groups excluding carboxylic acids is 1. The van der Waals surface area contributed by atoms with Crippen molar-refractivity contribution in [2.75, 3.05) is 0 Å². The molecular formula is C14H23Cl2N3O. The molecule has 0 aliphatic heterocycles. The Balaban J connectivity index is 0.00000180. The van der Waals surface area contributed by atoms with E-state index >= 15 is 0 Å². The first kappa shape index (κ1) is 19.2. The molecule has 1 heterocycles. The van der Waals surface area contributed by atoms with Crippen molar-refractivity contribution in [3.05, 3.63) is 29.6 Å². The number of aryl methyl sites for hydroxylation is 1. The van der Waals surface area contributed by atoms with E-state index in [-0.39, 0.29) is 36.8 Å². The monoisotopic (exact) mass is 319 g/mol. The second kappa shape index (κ2) is 9.16. The van der Waals surface area contributed by atoms with Gasteiger partial charge in [0, 0.05) is 30.9 Å². The van der Waals surface area contributed by atoms with Gasteiger partial charge < -0.3 is 11.1 Å². The quantitative estimate of drug-likeness (QED) is 0.895. The number of nitrogens with zero attached hydrogens (tertiary/aromatic N) is 1. The lowest BCUT2D eigenvalue weighted by Crippen LogP contribution is -2.31. The Morgan fingerprint density at radius 1 is 1.40 bits per heavy atom. The molecule has 2 atom stereocenters. The van der Waals surface area contributed by atoms with Crippen molar-refractivity contribution < 1.29 is 4.79 Å². The zero-order chi connectivity index (χ0) is 13.0. The average Bonchev–Trinajstić information content (AvgIpc) is 2.74. The third-order valence-corrected chi connectivity index (χ3v) is 3.63. The van der Waals surface area contributed by atoms with Crippen LogP contribution in [0.5, 0.6) is 0 Å². The molecule has 1 saturated carbocycles. The van der Waals surface area contributed by atoms with E-state index in [2.05, 4.69) is 10.3 Å². The summed E-state index contributed by atoms with van der Waals surface area (Å²) >= 11 is 0. The van der Waals surface area contributed by atoms with E-state index in [1.165, 1.54) is 0 Å². The van der Waals surface area contributed by atoms with Crippen LogP contribution in [0.4, 0.5) is 0 Å². The Morgan fingerprint density at radius 2 is 2.15 bits per heavy atom. The van der Waals surface area contributed by atoms with Gasteiger partial charge in [-0.25, -0.2) is 0 Å². The lowest BCUT2D eigenvalue weighted by molar-refractivity contribution is -0.122. The number of amides is 1. The molecular weight excluding hydrogens is 297 g/mol. The van der Waals surface area contributed by atoms with Crippen LogP contribution in [0.3, 0.4) is 0 Å². The molecule has 4 nitrogen and oxygen atoms in total. The van der Waals surface area contributed by atoms with Gasteiger partial charge in [0.25, 0.3) is 0 Å². The van der Waals surface area contributed by atoms with E-state index in [0.717, 1.165) is 30.5 Å². The van der Waals surface area contributed by atoms with Crippen molar-refractivity contribution in [1.29, 1.82) is 0 Å². The van der Waals surface area contributed by atoms with Crippen molar-refractivity contribution in [3.8, 4) is 0 Å². The summed E-state index contributed by atoms with van der Waals surface area (Å²) in [6, 6.07) is 4.15. The number of pyridine rings is 1. The van der Waals surface area contributed by atoms with Gasteiger partial charge in [-0.1, -0.05) is 12.5 Å². The Bertz CT molecular complexity index is 411. The zero-order valence-electron chi connectivity index (χ0n) is 11.7. The van der Waals surface area contributed by atoms with Gasteiger partial charge in [-0.05, 0) is 37.3 Å².